The number of carbonyl (C=O) groups excluding carboxylic acids is 2. The van der Waals surface area contributed by atoms with Crippen LogP contribution in [0.15, 0.2) is 47.1 Å². The predicted molar refractivity (Wildman–Crippen MR) is 70.6 cm³/mol. The normalized spacial score (nSPS) is 9.95. The van der Waals surface area contributed by atoms with Gasteiger partial charge in [0.2, 0.25) is 0 Å². The lowest BCUT2D eigenvalue weighted by Crippen LogP contribution is -2.34. The van der Waals surface area contributed by atoms with Gasteiger partial charge in [-0.3, -0.25) is 9.59 Å². The summed E-state index contributed by atoms with van der Waals surface area (Å²) in [6.45, 7) is 0.167. The third-order valence-corrected chi connectivity index (χ3v) is 2.56. The lowest BCUT2D eigenvalue weighted by molar-refractivity contribution is -0.136. The summed E-state index contributed by atoms with van der Waals surface area (Å²) in [5, 5.41) is 5.46. The van der Waals surface area contributed by atoms with Gasteiger partial charge in [0.25, 0.3) is 0 Å². The van der Waals surface area contributed by atoms with Crippen LogP contribution in [0.25, 0.3) is 0 Å². The molecule has 0 aliphatic heterocycles. The van der Waals surface area contributed by atoms with E-state index in [1.165, 1.54) is 6.26 Å². The lowest BCUT2D eigenvalue weighted by Gasteiger charge is -2.05. The van der Waals surface area contributed by atoms with Crippen molar-refractivity contribution in [3.05, 3.63) is 53.4 Å². The van der Waals surface area contributed by atoms with Crippen LogP contribution < -0.4 is 10.6 Å². The highest BCUT2D eigenvalue weighted by atomic mass is 35.5. The summed E-state index contributed by atoms with van der Waals surface area (Å²) in [5.74, 6) is -0.895. The molecule has 2 amide bonds. The van der Waals surface area contributed by atoms with E-state index < -0.39 is 11.8 Å². The van der Waals surface area contributed by atoms with Gasteiger partial charge < -0.3 is 15.1 Å². The van der Waals surface area contributed by atoms with Crippen molar-refractivity contribution >= 4 is 29.1 Å². The van der Waals surface area contributed by atoms with E-state index >= 15 is 0 Å². The van der Waals surface area contributed by atoms with Crippen LogP contribution in [0.4, 0.5) is 5.69 Å². The summed E-state index contributed by atoms with van der Waals surface area (Å²) in [5.41, 5.74) is 0.502. The molecule has 6 heteroatoms. The summed E-state index contributed by atoms with van der Waals surface area (Å²) in [4.78, 5) is 23.1. The molecule has 2 N–H and O–H groups in total. The lowest BCUT2D eigenvalue weighted by atomic mass is 10.3. The van der Waals surface area contributed by atoms with Crippen molar-refractivity contribution in [2.45, 2.75) is 6.54 Å². The second kappa shape index (κ2) is 6.06. The smallest absolute Gasteiger partial charge is 0.313 e. The average molecular weight is 279 g/mol. The van der Waals surface area contributed by atoms with Crippen LogP contribution in [-0.2, 0) is 16.1 Å². The molecule has 19 heavy (non-hydrogen) atoms. The first-order valence-electron chi connectivity index (χ1n) is 5.52. The summed E-state index contributed by atoms with van der Waals surface area (Å²) >= 11 is 5.72. The number of rotatable bonds is 3. The Morgan fingerprint density at radius 3 is 2.47 bits per heavy atom. The standard InChI is InChI=1S/C13H11ClN2O3/c14-9-3-5-10(6-4-9)16-13(18)12(17)15-8-11-2-1-7-19-11/h1-7H,8H2,(H,15,17)(H,16,18). The Morgan fingerprint density at radius 2 is 1.84 bits per heavy atom. The molecule has 2 aromatic rings. The molecule has 0 saturated carbocycles. The molecule has 0 spiro atoms. The van der Waals surface area contributed by atoms with Gasteiger partial charge in [0.1, 0.15) is 5.76 Å². The molecule has 0 bridgehead atoms. The Hall–Kier alpha value is -2.27. The Labute approximate surface area is 114 Å². The molecule has 0 aliphatic carbocycles. The maximum atomic E-state index is 11.6. The second-order valence-electron chi connectivity index (χ2n) is 3.72. The van der Waals surface area contributed by atoms with Crippen LogP contribution in [0.2, 0.25) is 5.02 Å². The Bertz CT molecular complexity index is 564. The third kappa shape index (κ3) is 3.86. The zero-order valence-electron chi connectivity index (χ0n) is 9.85. The first-order chi connectivity index (χ1) is 9.15. The van der Waals surface area contributed by atoms with Gasteiger partial charge in [0.15, 0.2) is 0 Å². The molecule has 0 atom stereocenters. The van der Waals surface area contributed by atoms with Gasteiger partial charge in [-0.25, -0.2) is 0 Å². The molecule has 1 heterocycles. The maximum absolute atomic E-state index is 11.6. The molecular weight excluding hydrogens is 268 g/mol. The predicted octanol–water partition coefficient (Wildman–Crippen LogP) is 2.19. The average Bonchev–Trinajstić information content (AvgIpc) is 2.91. The summed E-state index contributed by atoms with van der Waals surface area (Å²) < 4.78 is 5.03. The van der Waals surface area contributed by atoms with Crippen molar-refractivity contribution in [3.63, 3.8) is 0 Å². The third-order valence-electron chi connectivity index (χ3n) is 2.31. The molecule has 98 valence electrons. The fourth-order valence-corrected chi connectivity index (χ4v) is 1.51. The van der Waals surface area contributed by atoms with Crippen molar-refractivity contribution < 1.29 is 14.0 Å². The maximum Gasteiger partial charge on any atom is 0.313 e. The van der Waals surface area contributed by atoms with Crippen molar-refractivity contribution in [1.29, 1.82) is 0 Å². The summed E-state index contributed by atoms with van der Waals surface area (Å²) in [7, 11) is 0. The van der Waals surface area contributed by atoms with Gasteiger partial charge in [-0.1, -0.05) is 11.6 Å². The molecular formula is C13H11ClN2O3. The number of anilines is 1. The van der Waals surface area contributed by atoms with E-state index in [9.17, 15) is 9.59 Å². The Kier molecular flexibility index (Phi) is 4.20. The van der Waals surface area contributed by atoms with Crippen molar-refractivity contribution in [2.75, 3.05) is 5.32 Å². The quantitative estimate of drug-likeness (QED) is 0.846. The Balaban J connectivity index is 1.85. The highest BCUT2D eigenvalue weighted by molar-refractivity contribution is 6.39. The SMILES string of the molecule is O=C(NCc1ccco1)C(=O)Nc1ccc(Cl)cc1. The molecule has 0 fully saturated rings. The molecule has 5 nitrogen and oxygen atoms in total. The molecule has 2 rings (SSSR count). The number of carbonyl (C=O) groups is 2. The van der Waals surface area contributed by atoms with Crippen LogP contribution in [0, 0.1) is 0 Å². The number of amides is 2. The van der Waals surface area contributed by atoms with Crippen LogP contribution in [0.5, 0.6) is 0 Å². The number of halogens is 1. The molecule has 0 aliphatic rings. The van der Waals surface area contributed by atoms with Crippen molar-refractivity contribution in [2.24, 2.45) is 0 Å². The van der Waals surface area contributed by atoms with E-state index in [-0.39, 0.29) is 6.54 Å². The highest BCUT2D eigenvalue weighted by Crippen LogP contribution is 2.13. The van der Waals surface area contributed by atoms with E-state index in [0.717, 1.165) is 0 Å². The minimum atomic E-state index is -0.742. The molecule has 0 radical (unpaired) electrons. The van der Waals surface area contributed by atoms with Crippen LogP contribution in [0.1, 0.15) is 5.76 Å². The fraction of sp³-hybridized carbons (Fsp3) is 0.0769. The van der Waals surface area contributed by atoms with E-state index in [2.05, 4.69) is 10.6 Å². The van der Waals surface area contributed by atoms with Gasteiger partial charge in [-0.15, -0.1) is 0 Å². The summed E-state index contributed by atoms with van der Waals surface area (Å²) in [6.07, 6.45) is 1.50. The molecule has 0 saturated heterocycles. The van der Waals surface area contributed by atoms with Crippen LogP contribution >= 0.6 is 11.6 Å². The van der Waals surface area contributed by atoms with E-state index in [1.54, 1.807) is 36.4 Å². The van der Waals surface area contributed by atoms with Gasteiger partial charge in [0, 0.05) is 10.7 Å². The van der Waals surface area contributed by atoms with E-state index in [1.807, 2.05) is 0 Å². The zero-order valence-corrected chi connectivity index (χ0v) is 10.6. The number of hydrogen-bond donors (Lipinski definition) is 2. The van der Waals surface area contributed by atoms with E-state index in [0.29, 0.717) is 16.5 Å². The number of nitrogens with one attached hydrogen (secondary N) is 2. The number of benzene rings is 1. The van der Waals surface area contributed by atoms with Crippen molar-refractivity contribution in [3.8, 4) is 0 Å². The van der Waals surface area contributed by atoms with Crippen LogP contribution in [-0.4, -0.2) is 11.8 Å². The minimum Gasteiger partial charge on any atom is -0.467 e. The second-order valence-corrected chi connectivity index (χ2v) is 4.16. The number of hydrogen-bond acceptors (Lipinski definition) is 3. The minimum absolute atomic E-state index is 0.167. The first-order valence-corrected chi connectivity index (χ1v) is 5.90. The zero-order chi connectivity index (χ0) is 13.7. The molecule has 1 aromatic carbocycles. The first kappa shape index (κ1) is 13.2. The number of furan rings is 1. The highest BCUT2D eigenvalue weighted by Gasteiger charge is 2.13. The monoisotopic (exact) mass is 278 g/mol. The molecule has 1 aromatic heterocycles. The van der Waals surface area contributed by atoms with Crippen molar-refractivity contribution in [1.82, 2.24) is 5.32 Å². The van der Waals surface area contributed by atoms with Gasteiger partial charge in [-0.2, -0.15) is 0 Å². The molecule has 0 unspecified atom stereocenters. The van der Waals surface area contributed by atoms with Crippen LogP contribution in [0.3, 0.4) is 0 Å². The summed E-state index contributed by atoms with van der Waals surface area (Å²) in [6, 6.07) is 9.88. The Morgan fingerprint density at radius 1 is 1.11 bits per heavy atom. The van der Waals surface area contributed by atoms with Gasteiger partial charge in [0.05, 0.1) is 12.8 Å². The van der Waals surface area contributed by atoms with E-state index in [4.69, 9.17) is 16.0 Å². The van der Waals surface area contributed by atoms with Gasteiger partial charge >= 0.3 is 11.8 Å². The topological polar surface area (TPSA) is 71.3 Å². The van der Waals surface area contributed by atoms with Gasteiger partial charge in [-0.05, 0) is 36.4 Å². The fourth-order valence-electron chi connectivity index (χ4n) is 1.38. The largest absolute Gasteiger partial charge is 0.467 e.